The number of nitrogens with one attached hydrogen (secondary N) is 1. The van der Waals surface area contributed by atoms with Crippen molar-refractivity contribution in [3.63, 3.8) is 0 Å². The quantitative estimate of drug-likeness (QED) is 0.356. The molecule has 3 aromatic rings. The molecule has 1 fully saturated rings. The molecule has 13 heteroatoms. The number of nitro groups is 1. The smallest absolute Gasteiger partial charge is 0.326 e. The number of piperazine rings is 1. The average molecular weight is 566 g/mol. The number of hydrogen-bond donors (Lipinski definition) is 1. The highest BCUT2D eigenvalue weighted by Gasteiger charge is 2.46. The number of amides is 3. The lowest BCUT2D eigenvalue weighted by atomic mass is 9.97. The van der Waals surface area contributed by atoms with Crippen molar-refractivity contribution in [1.29, 1.82) is 0 Å². The molecule has 3 amide bonds. The number of aryl methyl sites for hydroxylation is 1. The van der Waals surface area contributed by atoms with Gasteiger partial charge < -0.3 is 15.0 Å². The lowest BCUT2D eigenvalue weighted by molar-refractivity contribution is -0.384. The van der Waals surface area contributed by atoms with E-state index in [4.69, 9.17) is 21.3 Å². The third-order valence-corrected chi connectivity index (χ3v) is 6.86. The van der Waals surface area contributed by atoms with E-state index >= 15 is 0 Å². The van der Waals surface area contributed by atoms with E-state index in [0.717, 1.165) is 5.56 Å². The second-order valence-electron chi connectivity index (χ2n) is 9.84. The molecule has 2 aromatic carbocycles. The van der Waals surface area contributed by atoms with E-state index in [-0.39, 0.29) is 35.8 Å². The minimum absolute atomic E-state index is 0.112. The zero-order chi connectivity index (χ0) is 28.6. The molecule has 12 nitrogen and oxygen atoms in total. The number of non-ortho nitro benzene ring substituents is 1. The van der Waals surface area contributed by atoms with Gasteiger partial charge in [-0.25, -0.2) is 4.79 Å². The lowest BCUT2D eigenvalue weighted by Crippen LogP contribution is -2.55. The van der Waals surface area contributed by atoms with Gasteiger partial charge in [-0.05, 0) is 43.7 Å². The van der Waals surface area contributed by atoms with Crippen molar-refractivity contribution in [2.75, 3.05) is 19.6 Å². The van der Waals surface area contributed by atoms with Gasteiger partial charge in [0, 0.05) is 37.4 Å². The fourth-order valence-corrected chi connectivity index (χ4v) is 4.99. The van der Waals surface area contributed by atoms with Crippen LogP contribution in [0.15, 0.2) is 59.7 Å². The highest BCUT2D eigenvalue weighted by atomic mass is 35.5. The van der Waals surface area contributed by atoms with Gasteiger partial charge >= 0.3 is 6.03 Å². The van der Waals surface area contributed by atoms with Crippen LogP contribution >= 0.6 is 11.6 Å². The van der Waals surface area contributed by atoms with E-state index in [1.54, 1.807) is 30.1 Å². The van der Waals surface area contributed by atoms with Gasteiger partial charge in [0.15, 0.2) is 0 Å². The molecule has 0 aliphatic carbocycles. The summed E-state index contributed by atoms with van der Waals surface area (Å²) in [5.41, 5.74) is 1.63. The number of ether oxygens (including phenoxy) is 1. The Balaban J connectivity index is 1.71. The molecule has 2 unspecified atom stereocenters. The van der Waals surface area contributed by atoms with Crippen LogP contribution in [0, 0.1) is 10.1 Å². The summed E-state index contributed by atoms with van der Waals surface area (Å²) in [5.74, 6) is 0.214. The van der Waals surface area contributed by atoms with Crippen LogP contribution < -0.4 is 10.1 Å². The van der Waals surface area contributed by atoms with Crippen LogP contribution in [0.2, 0.25) is 5.02 Å². The fourth-order valence-electron chi connectivity index (χ4n) is 4.86. The van der Waals surface area contributed by atoms with Crippen molar-refractivity contribution in [1.82, 2.24) is 24.9 Å². The van der Waals surface area contributed by atoms with E-state index in [1.807, 2.05) is 32.0 Å². The number of benzene rings is 2. The SMILES string of the molecule is CC(C)Oc1cc([N+](=O)[O-])ccc1C1=NC(c2ccc(Cl)cc2)C(c2ccn(C)n2)N1C(=O)N1CCNC(=O)C1. The minimum Gasteiger partial charge on any atom is -0.490 e. The van der Waals surface area contributed by atoms with Gasteiger partial charge in [-0.15, -0.1) is 0 Å². The topological polar surface area (TPSA) is 135 Å². The Hall–Kier alpha value is -4.45. The second-order valence-corrected chi connectivity index (χ2v) is 10.3. The summed E-state index contributed by atoms with van der Waals surface area (Å²) in [4.78, 5) is 45.6. The number of aliphatic imine (C=N–C) groups is 1. The molecular formula is C27H28ClN7O5. The molecule has 1 saturated heterocycles. The van der Waals surface area contributed by atoms with E-state index in [2.05, 4.69) is 10.4 Å². The Bertz CT molecular complexity index is 1490. The van der Waals surface area contributed by atoms with Crippen molar-refractivity contribution in [2.45, 2.75) is 32.0 Å². The number of amidine groups is 1. The third-order valence-electron chi connectivity index (χ3n) is 6.61. The first-order chi connectivity index (χ1) is 19.1. The maximum absolute atomic E-state index is 14.2. The molecule has 1 N–H and O–H groups in total. The van der Waals surface area contributed by atoms with Gasteiger partial charge in [0.2, 0.25) is 5.91 Å². The lowest BCUT2D eigenvalue weighted by Gasteiger charge is -2.35. The predicted molar refractivity (Wildman–Crippen MR) is 147 cm³/mol. The molecule has 2 aliphatic rings. The maximum atomic E-state index is 14.2. The minimum atomic E-state index is -0.683. The highest BCUT2D eigenvalue weighted by molar-refractivity contribution is 6.30. The van der Waals surface area contributed by atoms with Crippen molar-refractivity contribution < 1.29 is 19.2 Å². The molecule has 3 heterocycles. The predicted octanol–water partition coefficient (Wildman–Crippen LogP) is 3.87. The second kappa shape index (κ2) is 11.0. The van der Waals surface area contributed by atoms with Crippen LogP contribution in [0.1, 0.15) is 42.8 Å². The van der Waals surface area contributed by atoms with Crippen LogP contribution in [-0.4, -0.2) is 68.0 Å². The first-order valence-corrected chi connectivity index (χ1v) is 13.1. The van der Waals surface area contributed by atoms with E-state index < -0.39 is 23.0 Å². The number of hydrogen-bond acceptors (Lipinski definition) is 7. The number of nitrogens with zero attached hydrogens (tertiary/aromatic N) is 6. The highest BCUT2D eigenvalue weighted by Crippen LogP contribution is 2.45. The number of nitro benzene ring substituents is 1. The monoisotopic (exact) mass is 565 g/mol. The van der Waals surface area contributed by atoms with Crippen LogP contribution in [0.3, 0.4) is 0 Å². The molecule has 40 heavy (non-hydrogen) atoms. The molecule has 1 aromatic heterocycles. The Kier molecular flexibility index (Phi) is 7.44. The maximum Gasteiger partial charge on any atom is 0.326 e. The third kappa shape index (κ3) is 5.34. The van der Waals surface area contributed by atoms with Gasteiger partial charge in [0.25, 0.3) is 5.69 Å². The number of aromatic nitrogens is 2. The molecule has 2 aliphatic heterocycles. The van der Waals surface area contributed by atoms with Gasteiger partial charge in [0.1, 0.15) is 30.2 Å². The average Bonchev–Trinajstić information content (AvgIpc) is 3.52. The first-order valence-electron chi connectivity index (χ1n) is 12.8. The normalized spacial score (nSPS) is 19.0. The van der Waals surface area contributed by atoms with Crippen LogP contribution in [-0.2, 0) is 11.8 Å². The van der Waals surface area contributed by atoms with Crippen LogP contribution in [0.5, 0.6) is 5.75 Å². The molecule has 0 spiro atoms. The van der Waals surface area contributed by atoms with Gasteiger partial charge in [-0.2, -0.15) is 5.10 Å². The zero-order valence-electron chi connectivity index (χ0n) is 22.2. The molecule has 0 saturated carbocycles. The molecule has 2 atom stereocenters. The van der Waals surface area contributed by atoms with Crippen molar-refractivity contribution in [3.05, 3.63) is 86.7 Å². The largest absolute Gasteiger partial charge is 0.490 e. The van der Waals surface area contributed by atoms with Crippen molar-refractivity contribution in [3.8, 4) is 5.75 Å². The summed E-state index contributed by atoms with van der Waals surface area (Å²) in [6, 6.07) is 11.5. The summed E-state index contributed by atoms with van der Waals surface area (Å²) in [6.45, 7) is 4.13. The standard InChI is InChI=1S/C27H28ClN7O5/c1-16(2)40-22-14-19(35(38)39)8-9-20(22)26-30-24(17-4-6-18(28)7-5-17)25(21-10-12-32(3)31-21)34(26)27(37)33-13-11-29-23(36)15-33/h4-10,12,14,16,24-25H,11,13,15H2,1-3H3,(H,29,36). The molecule has 208 valence electrons. The van der Waals surface area contributed by atoms with Crippen LogP contribution in [0.25, 0.3) is 0 Å². The van der Waals surface area contributed by atoms with Gasteiger partial charge in [0.05, 0.1) is 28.4 Å². The summed E-state index contributed by atoms with van der Waals surface area (Å²) in [5, 5.41) is 19.5. The molecule has 0 radical (unpaired) electrons. The van der Waals surface area contributed by atoms with E-state index in [0.29, 0.717) is 29.4 Å². The van der Waals surface area contributed by atoms with Crippen LogP contribution in [0.4, 0.5) is 10.5 Å². The Labute approximate surface area is 235 Å². The number of rotatable bonds is 6. The Morgan fingerprint density at radius 3 is 2.58 bits per heavy atom. The Morgan fingerprint density at radius 1 is 1.20 bits per heavy atom. The first kappa shape index (κ1) is 27.1. The summed E-state index contributed by atoms with van der Waals surface area (Å²) in [7, 11) is 1.78. The van der Waals surface area contributed by atoms with Crippen molar-refractivity contribution >= 4 is 35.1 Å². The Morgan fingerprint density at radius 2 is 1.95 bits per heavy atom. The van der Waals surface area contributed by atoms with Gasteiger partial charge in [-0.1, -0.05) is 23.7 Å². The number of carbonyl (C=O) groups excluding carboxylic acids is 2. The molecular weight excluding hydrogens is 538 g/mol. The summed E-state index contributed by atoms with van der Waals surface area (Å²) < 4.78 is 7.64. The summed E-state index contributed by atoms with van der Waals surface area (Å²) in [6.07, 6.45) is 1.47. The summed E-state index contributed by atoms with van der Waals surface area (Å²) >= 11 is 6.17. The number of halogens is 1. The van der Waals surface area contributed by atoms with E-state index in [9.17, 15) is 19.7 Å². The van der Waals surface area contributed by atoms with E-state index in [1.165, 1.54) is 28.0 Å². The van der Waals surface area contributed by atoms with Gasteiger partial charge in [-0.3, -0.25) is 29.5 Å². The zero-order valence-corrected chi connectivity index (χ0v) is 22.9. The number of carbonyl (C=O) groups is 2. The fraction of sp³-hybridized carbons (Fsp3) is 0.333. The molecule has 5 rings (SSSR count). The molecule has 0 bridgehead atoms. The van der Waals surface area contributed by atoms with Crippen molar-refractivity contribution in [2.24, 2.45) is 12.0 Å². The number of urea groups is 1.